The van der Waals surface area contributed by atoms with E-state index in [9.17, 15) is 9.59 Å². The number of hydrogen-bond donors (Lipinski definition) is 0. The van der Waals surface area contributed by atoms with Crippen LogP contribution in [0.25, 0.3) is 6.08 Å². The second-order valence-corrected chi connectivity index (χ2v) is 3.64. The first-order valence-electron chi connectivity index (χ1n) is 4.94. The van der Waals surface area contributed by atoms with Crippen molar-refractivity contribution in [3.63, 3.8) is 0 Å². The number of carbonyl (C=O) groups excluding carboxylic acids is 2. The van der Waals surface area contributed by atoms with Gasteiger partial charge in [-0.1, -0.05) is 30.3 Å². The predicted molar refractivity (Wildman–Crippen MR) is 60.0 cm³/mol. The lowest BCUT2D eigenvalue weighted by Gasteiger charge is -2.13. The quantitative estimate of drug-likeness (QED) is 0.655. The van der Waals surface area contributed by atoms with Crippen LogP contribution in [0.1, 0.15) is 5.56 Å². The van der Waals surface area contributed by atoms with Crippen molar-refractivity contribution >= 4 is 17.9 Å². The molecule has 0 N–H and O–H groups in total. The molecule has 1 saturated heterocycles. The van der Waals surface area contributed by atoms with Gasteiger partial charge in [-0.15, -0.1) is 0 Å². The summed E-state index contributed by atoms with van der Waals surface area (Å²) in [6, 6.07) is 9.57. The smallest absolute Gasteiger partial charge is 0.293 e. The number of amides is 2. The first-order valence-corrected chi connectivity index (χ1v) is 4.94. The monoisotopic (exact) mass is 216 g/mol. The van der Waals surface area contributed by atoms with Crippen LogP contribution in [0.15, 0.2) is 36.2 Å². The molecule has 1 aromatic rings. The highest BCUT2D eigenvalue weighted by Gasteiger charge is 2.36. The summed E-state index contributed by atoms with van der Waals surface area (Å²) in [6.07, 6.45) is 1.81. The number of likely N-dealkylation sites (N-methyl/N-ethyl adjacent to an activating group) is 2. The molecule has 1 fully saturated rings. The largest absolute Gasteiger partial charge is 0.317 e. The predicted octanol–water partition coefficient (Wildman–Crippen LogP) is 0.915. The fourth-order valence-corrected chi connectivity index (χ4v) is 1.61. The molecule has 1 heterocycles. The second-order valence-electron chi connectivity index (χ2n) is 3.64. The van der Waals surface area contributed by atoms with E-state index in [-0.39, 0.29) is 0 Å². The van der Waals surface area contributed by atoms with Gasteiger partial charge in [-0.25, -0.2) is 0 Å². The Kier molecular flexibility index (Phi) is 2.48. The number of carbonyl (C=O) groups is 2. The van der Waals surface area contributed by atoms with Gasteiger partial charge >= 0.3 is 11.8 Å². The van der Waals surface area contributed by atoms with E-state index in [1.54, 1.807) is 14.1 Å². The molecule has 0 spiro atoms. The standard InChI is InChI=1S/C12H12N2O2/c1-13-10(14(2)12(16)11(13)15)8-9-6-4-3-5-7-9/h3-8H,1-2H3. The topological polar surface area (TPSA) is 40.6 Å². The molecule has 1 aliphatic rings. The molecular weight excluding hydrogens is 204 g/mol. The minimum atomic E-state index is -0.496. The molecule has 0 unspecified atom stereocenters. The Balaban J connectivity index is 2.38. The summed E-state index contributed by atoms with van der Waals surface area (Å²) in [4.78, 5) is 25.5. The van der Waals surface area contributed by atoms with Gasteiger partial charge in [0, 0.05) is 14.1 Å². The maximum atomic E-state index is 11.4. The molecule has 0 aliphatic carbocycles. The molecule has 4 heteroatoms. The van der Waals surface area contributed by atoms with Gasteiger partial charge in [0.2, 0.25) is 0 Å². The van der Waals surface area contributed by atoms with Crippen LogP contribution < -0.4 is 0 Å². The molecule has 0 atom stereocenters. The average molecular weight is 216 g/mol. The summed E-state index contributed by atoms with van der Waals surface area (Å²) in [5.41, 5.74) is 0.957. The zero-order chi connectivity index (χ0) is 11.7. The summed E-state index contributed by atoms with van der Waals surface area (Å²) in [5.74, 6) is -0.393. The molecule has 2 rings (SSSR count). The molecule has 4 nitrogen and oxygen atoms in total. The van der Waals surface area contributed by atoms with Crippen molar-refractivity contribution in [2.75, 3.05) is 14.1 Å². The van der Waals surface area contributed by atoms with E-state index in [0.717, 1.165) is 5.56 Å². The summed E-state index contributed by atoms with van der Waals surface area (Å²) in [7, 11) is 3.19. The minimum Gasteiger partial charge on any atom is -0.293 e. The van der Waals surface area contributed by atoms with Gasteiger partial charge in [0.25, 0.3) is 0 Å². The van der Waals surface area contributed by atoms with Crippen LogP contribution in [-0.2, 0) is 9.59 Å². The van der Waals surface area contributed by atoms with Gasteiger partial charge in [-0.05, 0) is 11.6 Å². The highest BCUT2D eigenvalue weighted by Crippen LogP contribution is 2.19. The normalized spacial score (nSPS) is 16.0. The Morgan fingerprint density at radius 2 is 1.44 bits per heavy atom. The first kappa shape index (κ1) is 10.4. The number of hydrogen-bond acceptors (Lipinski definition) is 2. The molecule has 1 aliphatic heterocycles. The Labute approximate surface area is 93.8 Å². The van der Waals surface area contributed by atoms with E-state index in [2.05, 4.69) is 0 Å². The van der Waals surface area contributed by atoms with Gasteiger partial charge in [0.15, 0.2) is 0 Å². The van der Waals surface area contributed by atoms with Gasteiger partial charge in [-0.3, -0.25) is 19.4 Å². The maximum Gasteiger partial charge on any atom is 0.317 e. The molecule has 0 radical (unpaired) electrons. The lowest BCUT2D eigenvalue weighted by molar-refractivity contribution is -0.142. The van der Waals surface area contributed by atoms with Crippen LogP contribution in [0.4, 0.5) is 0 Å². The lowest BCUT2D eigenvalue weighted by atomic mass is 10.2. The van der Waals surface area contributed by atoms with E-state index < -0.39 is 11.8 Å². The van der Waals surface area contributed by atoms with Crippen molar-refractivity contribution in [3.05, 3.63) is 41.7 Å². The van der Waals surface area contributed by atoms with Crippen molar-refractivity contribution in [3.8, 4) is 0 Å². The summed E-state index contributed by atoms with van der Waals surface area (Å²) >= 11 is 0. The summed E-state index contributed by atoms with van der Waals surface area (Å²) < 4.78 is 0. The third-order valence-corrected chi connectivity index (χ3v) is 2.57. The zero-order valence-electron chi connectivity index (χ0n) is 9.18. The lowest BCUT2D eigenvalue weighted by Crippen LogP contribution is -2.23. The van der Waals surface area contributed by atoms with Crippen LogP contribution in [-0.4, -0.2) is 35.7 Å². The second kappa shape index (κ2) is 3.81. The van der Waals surface area contributed by atoms with Gasteiger partial charge in [0.05, 0.1) is 0 Å². The van der Waals surface area contributed by atoms with Crippen molar-refractivity contribution in [1.82, 2.24) is 9.80 Å². The zero-order valence-corrected chi connectivity index (χ0v) is 9.18. The Morgan fingerprint density at radius 1 is 0.938 bits per heavy atom. The van der Waals surface area contributed by atoms with Crippen molar-refractivity contribution < 1.29 is 9.59 Å². The maximum absolute atomic E-state index is 11.4. The van der Waals surface area contributed by atoms with Crippen molar-refractivity contribution in [1.29, 1.82) is 0 Å². The highest BCUT2D eigenvalue weighted by molar-refractivity contribution is 6.38. The summed E-state index contributed by atoms with van der Waals surface area (Å²) in [5, 5.41) is 0. The Bertz CT molecular complexity index is 443. The number of rotatable bonds is 1. The fraction of sp³-hybridized carbons (Fsp3) is 0.167. The van der Waals surface area contributed by atoms with E-state index in [1.807, 2.05) is 36.4 Å². The summed E-state index contributed by atoms with van der Waals surface area (Å²) in [6.45, 7) is 0. The van der Waals surface area contributed by atoms with Crippen molar-refractivity contribution in [2.24, 2.45) is 0 Å². The van der Waals surface area contributed by atoms with Gasteiger partial charge < -0.3 is 0 Å². The highest BCUT2D eigenvalue weighted by atomic mass is 16.2. The van der Waals surface area contributed by atoms with Crippen LogP contribution >= 0.6 is 0 Å². The number of nitrogens with zero attached hydrogens (tertiary/aromatic N) is 2. The van der Waals surface area contributed by atoms with Gasteiger partial charge in [-0.2, -0.15) is 0 Å². The van der Waals surface area contributed by atoms with Crippen LogP contribution in [0.2, 0.25) is 0 Å². The van der Waals surface area contributed by atoms with E-state index in [0.29, 0.717) is 5.82 Å². The minimum absolute atomic E-state index is 0.496. The van der Waals surface area contributed by atoms with Crippen LogP contribution in [0.3, 0.4) is 0 Å². The Morgan fingerprint density at radius 3 is 1.94 bits per heavy atom. The number of benzene rings is 1. The van der Waals surface area contributed by atoms with Crippen LogP contribution in [0.5, 0.6) is 0 Å². The van der Waals surface area contributed by atoms with Crippen LogP contribution in [0, 0.1) is 0 Å². The Hall–Kier alpha value is -2.10. The van der Waals surface area contributed by atoms with E-state index >= 15 is 0 Å². The molecular formula is C12H12N2O2. The fourth-order valence-electron chi connectivity index (χ4n) is 1.61. The first-order chi connectivity index (χ1) is 7.61. The van der Waals surface area contributed by atoms with E-state index in [4.69, 9.17) is 0 Å². The molecule has 0 saturated carbocycles. The molecule has 82 valence electrons. The molecule has 16 heavy (non-hydrogen) atoms. The molecule has 0 aromatic heterocycles. The average Bonchev–Trinajstić information content (AvgIpc) is 2.48. The van der Waals surface area contributed by atoms with Gasteiger partial charge in [0.1, 0.15) is 5.82 Å². The SMILES string of the molecule is CN1C(=O)C(=O)N(C)C1=Cc1ccccc1. The molecule has 0 bridgehead atoms. The third kappa shape index (κ3) is 1.58. The molecule has 2 amide bonds. The molecule has 1 aromatic carbocycles. The van der Waals surface area contributed by atoms with E-state index in [1.165, 1.54) is 9.80 Å². The van der Waals surface area contributed by atoms with Crippen molar-refractivity contribution in [2.45, 2.75) is 0 Å². The third-order valence-electron chi connectivity index (χ3n) is 2.57.